The van der Waals surface area contributed by atoms with Crippen molar-refractivity contribution in [1.29, 1.82) is 0 Å². The number of amides is 1. The molecular formula is C4H10N2O2. The van der Waals surface area contributed by atoms with E-state index in [9.17, 15) is 4.79 Å². The predicted molar refractivity (Wildman–Crippen MR) is 29.4 cm³/mol. The first-order valence-corrected chi connectivity index (χ1v) is 2.37. The molecule has 1 amide bonds. The van der Waals surface area contributed by atoms with Gasteiger partial charge in [0.05, 0.1) is 0 Å². The summed E-state index contributed by atoms with van der Waals surface area (Å²) in [5.41, 5.74) is 4.51. The van der Waals surface area contributed by atoms with Crippen molar-refractivity contribution in [3.8, 4) is 0 Å². The van der Waals surface area contributed by atoms with Crippen LogP contribution in [0.1, 0.15) is 13.8 Å². The van der Waals surface area contributed by atoms with Gasteiger partial charge in [-0.3, -0.25) is 5.43 Å². The van der Waals surface area contributed by atoms with Gasteiger partial charge in [0.2, 0.25) is 0 Å². The van der Waals surface area contributed by atoms with Crippen molar-refractivity contribution < 1.29 is 9.90 Å². The third-order valence-electron chi connectivity index (χ3n) is 0.468. The summed E-state index contributed by atoms with van der Waals surface area (Å²) in [5, 5.41) is 7.99. The molecule has 48 valence electrons. The van der Waals surface area contributed by atoms with Gasteiger partial charge in [-0.15, -0.1) is 0 Å². The molecular weight excluding hydrogens is 108 g/mol. The first-order valence-electron chi connectivity index (χ1n) is 2.37. The van der Waals surface area contributed by atoms with Crippen LogP contribution in [0.4, 0.5) is 4.79 Å². The SMILES string of the molecule is CC(C)NNC(=O)O. The zero-order valence-electron chi connectivity index (χ0n) is 4.93. The van der Waals surface area contributed by atoms with Crippen LogP contribution in [0.3, 0.4) is 0 Å². The highest BCUT2D eigenvalue weighted by atomic mass is 16.4. The van der Waals surface area contributed by atoms with Crippen LogP contribution in [0.5, 0.6) is 0 Å². The minimum atomic E-state index is -1.06. The van der Waals surface area contributed by atoms with E-state index in [-0.39, 0.29) is 6.04 Å². The highest BCUT2D eigenvalue weighted by Crippen LogP contribution is 1.69. The average Bonchev–Trinajstić information content (AvgIpc) is 1.61. The monoisotopic (exact) mass is 118 g/mol. The Morgan fingerprint density at radius 3 is 2.25 bits per heavy atom. The van der Waals surface area contributed by atoms with Gasteiger partial charge in [-0.2, -0.15) is 0 Å². The van der Waals surface area contributed by atoms with Gasteiger partial charge in [-0.05, 0) is 13.8 Å². The lowest BCUT2D eigenvalue weighted by Gasteiger charge is -2.04. The van der Waals surface area contributed by atoms with Crippen LogP contribution in [0.2, 0.25) is 0 Å². The third-order valence-corrected chi connectivity index (χ3v) is 0.468. The minimum Gasteiger partial charge on any atom is -0.464 e. The Hall–Kier alpha value is -0.770. The van der Waals surface area contributed by atoms with E-state index in [0.717, 1.165) is 0 Å². The van der Waals surface area contributed by atoms with Crippen LogP contribution >= 0.6 is 0 Å². The number of rotatable bonds is 2. The van der Waals surface area contributed by atoms with E-state index in [4.69, 9.17) is 5.11 Å². The number of hydrogen-bond donors (Lipinski definition) is 3. The van der Waals surface area contributed by atoms with E-state index < -0.39 is 6.09 Å². The van der Waals surface area contributed by atoms with Crippen molar-refractivity contribution in [3.05, 3.63) is 0 Å². The second-order valence-electron chi connectivity index (χ2n) is 1.73. The number of nitrogens with one attached hydrogen (secondary N) is 2. The van der Waals surface area contributed by atoms with Crippen molar-refractivity contribution in [2.45, 2.75) is 19.9 Å². The quantitative estimate of drug-likeness (QED) is 0.453. The normalized spacial score (nSPS) is 9.38. The molecule has 0 atom stereocenters. The molecule has 0 saturated heterocycles. The molecule has 0 aromatic rings. The predicted octanol–water partition coefficient (Wildman–Crippen LogP) is 0.167. The molecule has 0 aromatic heterocycles. The molecule has 0 unspecified atom stereocenters. The second kappa shape index (κ2) is 3.26. The molecule has 0 aliphatic heterocycles. The Bertz CT molecular complexity index is 82.1. The molecule has 4 heteroatoms. The molecule has 0 saturated carbocycles. The first-order chi connectivity index (χ1) is 3.63. The molecule has 3 N–H and O–H groups in total. The van der Waals surface area contributed by atoms with E-state index >= 15 is 0 Å². The van der Waals surface area contributed by atoms with Gasteiger partial charge in [0.15, 0.2) is 0 Å². The molecule has 0 aliphatic rings. The van der Waals surface area contributed by atoms with E-state index in [2.05, 4.69) is 5.43 Å². The van der Waals surface area contributed by atoms with Gasteiger partial charge < -0.3 is 5.11 Å². The second-order valence-corrected chi connectivity index (χ2v) is 1.73. The average molecular weight is 118 g/mol. The number of carboxylic acid groups (broad SMARTS) is 1. The summed E-state index contributed by atoms with van der Waals surface area (Å²) >= 11 is 0. The standard InChI is InChI=1S/C4H10N2O2/c1-3(2)5-6-4(7)8/h3,5-6H,1-2H3,(H,7,8). The fraction of sp³-hybridized carbons (Fsp3) is 0.750. The molecule has 0 spiro atoms. The lowest BCUT2D eigenvalue weighted by Crippen LogP contribution is -2.40. The maximum atomic E-state index is 9.73. The lowest BCUT2D eigenvalue weighted by atomic mass is 10.4. The van der Waals surface area contributed by atoms with Gasteiger partial charge in [0.25, 0.3) is 0 Å². The largest absolute Gasteiger partial charge is 0.464 e. The fourth-order valence-electron chi connectivity index (χ4n) is 0.206. The Kier molecular flexibility index (Phi) is 2.95. The lowest BCUT2D eigenvalue weighted by molar-refractivity contribution is 0.187. The zero-order valence-corrected chi connectivity index (χ0v) is 4.93. The summed E-state index contributed by atoms with van der Waals surface area (Å²) in [4.78, 5) is 9.73. The molecule has 0 bridgehead atoms. The van der Waals surface area contributed by atoms with Gasteiger partial charge in [-0.1, -0.05) is 0 Å². The Labute approximate surface area is 47.9 Å². The number of hydrogen-bond acceptors (Lipinski definition) is 2. The van der Waals surface area contributed by atoms with Crippen LogP contribution in [-0.4, -0.2) is 17.2 Å². The Balaban J connectivity index is 3.05. The van der Waals surface area contributed by atoms with Gasteiger partial charge in [0.1, 0.15) is 0 Å². The smallest absolute Gasteiger partial charge is 0.419 e. The van der Waals surface area contributed by atoms with Crippen LogP contribution < -0.4 is 10.9 Å². The molecule has 8 heavy (non-hydrogen) atoms. The summed E-state index contributed by atoms with van der Waals surface area (Å²) in [6, 6.07) is 0.145. The van der Waals surface area contributed by atoms with Crippen molar-refractivity contribution in [3.63, 3.8) is 0 Å². The van der Waals surface area contributed by atoms with Crippen LogP contribution in [0.15, 0.2) is 0 Å². The van der Waals surface area contributed by atoms with E-state index in [0.29, 0.717) is 0 Å². The first kappa shape index (κ1) is 7.23. The Morgan fingerprint density at radius 1 is 1.62 bits per heavy atom. The van der Waals surface area contributed by atoms with Gasteiger partial charge >= 0.3 is 6.09 Å². The molecule has 0 radical (unpaired) electrons. The van der Waals surface area contributed by atoms with Crippen LogP contribution in [0, 0.1) is 0 Å². The van der Waals surface area contributed by atoms with Gasteiger partial charge in [0, 0.05) is 6.04 Å². The molecule has 0 aromatic carbocycles. The van der Waals surface area contributed by atoms with Crippen molar-refractivity contribution in [2.24, 2.45) is 0 Å². The molecule has 4 nitrogen and oxygen atoms in total. The van der Waals surface area contributed by atoms with Crippen LogP contribution in [-0.2, 0) is 0 Å². The highest BCUT2D eigenvalue weighted by molar-refractivity contribution is 5.63. The highest BCUT2D eigenvalue weighted by Gasteiger charge is 1.92. The van der Waals surface area contributed by atoms with Gasteiger partial charge in [-0.25, -0.2) is 10.2 Å². The van der Waals surface area contributed by atoms with E-state index in [1.807, 2.05) is 19.3 Å². The maximum Gasteiger partial charge on any atom is 0.419 e. The maximum absolute atomic E-state index is 9.73. The minimum absolute atomic E-state index is 0.145. The number of hydrazine groups is 1. The zero-order chi connectivity index (χ0) is 6.57. The molecule has 0 rings (SSSR count). The summed E-state index contributed by atoms with van der Waals surface area (Å²) < 4.78 is 0. The summed E-state index contributed by atoms with van der Waals surface area (Å²) in [6.45, 7) is 3.69. The molecule has 0 aliphatic carbocycles. The fourth-order valence-corrected chi connectivity index (χ4v) is 0.206. The van der Waals surface area contributed by atoms with Crippen molar-refractivity contribution in [2.75, 3.05) is 0 Å². The van der Waals surface area contributed by atoms with E-state index in [1.54, 1.807) is 0 Å². The molecule has 0 fully saturated rings. The van der Waals surface area contributed by atoms with Crippen molar-refractivity contribution in [1.82, 2.24) is 10.9 Å². The third kappa shape index (κ3) is 5.23. The Morgan fingerprint density at radius 2 is 2.12 bits per heavy atom. The molecule has 0 heterocycles. The topological polar surface area (TPSA) is 61.4 Å². The summed E-state index contributed by atoms with van der Waals surface area (Å²) in [5.74, 6) is 0. The summed E-state index contributed by atoms with van der Waals surface area (Å²) in [7, 11) is 0. The van der Waals surface area contributed by atoms with E-state index in [1.165, 1.54) is 0 Å². The van der Waals surface area contributed by atoms with Crippen molar-refractivity contribution >= 4 is 6.09 Å². The van der Waals surface area contributed by atoms with Crippen LogP contribution in [0.25, 0.3) is 0 Å². The summed E-state index contributed by atoms with van der Waals surface area (Å²) in [6.07, 6.45) is -1.06. The number of carbonyl (C=O) groups is 1.